The molecule has 1 aliphatic rings. The minimum atomic E-state index is 0.0531. The van der Waals surface area contributed by atoms with E-state index in [2.05, 4.69) is 44.5 Å². The third kappa shape index (κ3) is 32.5. The fraction of sp³-hybridized carbons (Fsp3) is 0.980. The number of carbonyl (C=O) groups excluding carboxylic acids is 1. The highest BCUT2D eigenvalue weighted by Gasteiger charge is 2.17. The highest BCUT2D eigenvalue weighted by molar-refractivity contribution is 5.69. The summed E-state index contributed by atoms with van der Waals surface area (Å²) in [5.41, 5.74) is 0. The number of carbonyl (C=O) groups is 1. The van der Waals surface area contributed by atoms with E-state index in [-0.39, 0.29) is 12.1 Å². The first-order valence-electron chi connectivity index (χ1n) is 25.1. The molecule has 322 valence electrons. The van der Waals surface area contributed by atoms with Gasteiger partial charge in [0, 0.05) is 32.6 Å². The molecule has 1 fully saturated rings. The van der Waals surface area contributed by atoms with Crippen LogP contribution in [0.5, 0.6) is 0 Å². The molecule has 1 saturated heterocycles. The van der Waals surface area contributed by atoms with Crippen LogP contribution in [0.15, 0.2) is 0 Å². The molecule has 0 aromatic rings. The van der Waals surface area contributed by atoms with Crippen molar-refractivity contribution in [1.82, 2.24) is 9.80 Å². The normalized spacial score (nSPS) is 14.3. The second kappa shape index (κ2) is 39.2. The van der Waals surface area contributed by atoms with Crippen LogP contribution in [-0.4, -0.2) is 61.6 Å². The van der Waals surface area contributed by atoms with Crippen LogP contribution in [0, 0.1) is 11.8 Å². The number of ether oxygens (including phenoxy) is 1. The van der Waals surface area contributed by atoms with Crippen molar-refractivity contribution in [3.05, 3.63) is 0 Å². The Morgan fingerprint density at radius 1 is 0.426 bits per heavy atom. The van der Waals surface area contributed by atoms with Gasteiger partial charge < -0.3 is 14.5 Å². The minimum Gasteiger partial charge on any atom is -0.462 e. The molecule has 4 nitrogen and oxygen atoms in total. The van der Waals surface area contributed by atoms with Gasteiger partial charge in [-0.05, 0) is 57.5 Å². The first kappa shape index (κ1) is 51.4. The van der Waals surface area contributed by atoms with Gasteiger partial charge in [-0.25, -0.2) is 0 Å². The van der Waals surface area contributed by atoms with Crippen molar-refractivity contribution >= 4 is 5.97 Å². The van der Waals surface area contributed by atoms with E-state index < -0.39 is 0 Å². The van der Waals surface area contributed by atoms with E-state index in [0.29, 0.717) is 6.42 Å². The fourth-order valence-electron chi connectivity index (χ4n) is 8.92. The average molecular weight is 761 g/mol. The summed E-state index contributed by atoms with van der Waals surface area (Å²) in [4.78, 5) is 17.8. The molecule has 0 unspecified atom stereocenters. The molecule has 0 aromatic heterocycles. The van der Waals surface area contributed by atoms with Gasteiger partial charge in [-0.3, -0.25) is 4.79 Å². The quantitative estimate of drug-likeness (QED) is 0.0459. The van der Waals surface area contributed by atoms with Gasteiger partial charge in [0.15, 0.2) is 0 Å². The lowest BCUT2D eigenvalue weighted by molar-refractivity contribution is -0.150. The second-order valence-corrected chi connectivity index (χ2v) is 18.1. The Hall–Kier alpha value is -0.610. The zero-order chi connectivity index (χ0) is 39.2. The summed E-state index contributed by atoms with van der Waals surface area (Å²) in [5.74, 6) is 2.00. The average Bonchev–Trinajstić information content (AvgIpc) is 3.18. The van der Waals surface area contributed by atoms with Crippen molar-refractivity contribution in [1.29, 1.82) is 0 Å². The van der Waals surface area contributed by atoms with Gasteiger partial charge >= 0.3 is 5.97 Å². The largest absolute Gasteiger partial charge is 0.462 e. The van der Waals surface area contributed by atoms with E-state index in [1.165, 1.54) is 205 Å². The smallest absolute Gasteiger partial charge is 0.306 e. The lowest BCUT2D eigenvalue weighted by Gasteiger charge is -2.32. The maximum absolute atomic E-state index is 12.9. The van der Waals surface area contributed by atoms with Crippen molar-refractivity contribution in [2.75, 3.05) is 39.8 Å². The number of piperazine rings is 1. The van der Waals surface area contributed by atoms with Crippen LogP contribution in [-0.2, 0) is 9.53 Å². The lowest BCUT2D eigenvalue weighted by atomic mass is 9.95. The van der Waals surface area contributed by atoms with Crippen LogP contribution in [0.2, 0.25) is 0 Å². The maximum atomic E-state index is 12.9. The van der Waals surface area contributed by atoms with Crippen LogP contribution in [0.1, 0.15) is 259 Å². The molecule has 0 aliphatic carbocycles. The van der Waals surface area contributed by atoms with Crippen molar-refractivity contribution in [2.45, 2.75) is 265 Å². The van der Waals surface area contributed by atoms with Crippen molar-refractivity contribution < 1.29 is 9.53 Å². The molecule has 0 amide bonds. The molecule has 0 spiro atoms. The fourth-order valence-corrected chi connectivity index (χ4v) is 8.92. The van der Waals surface area contributed by atoms with Crippen LogP contribution in [0.25, 0.3) is 0 Å². The summed E-state index contributed by atoms with van der Waals surface area (Å²) in [6.45, 7) is 15.0. The number of hydrogen-bond donors (Lipinski definition) is 0. The van der Waals surface area contributed by atoms with E-state index in [9.17, 15) is 4.79 Å². The molecule has 4 heteroatoms. The van der Waals surface area contributed by atoms with Crippen LogP contribution >= 0.6 is 0 Å². The molecular formula is C50H100N2O2. The Balaban J connectivity index is 2.13. The molecule has 0 N–H and O–H groups in total. The zero-order valence-electron chi connectivity index (χ0n) is 37.9. The molecule has 0 aromatic carbocycles. The standard InChI is InChI=1S/C50H100N2O2/c1-6-47(7-2)37-32-28-24-20-16-12-10-14-18-22-26-30-34-39-49(54-50(53)41-36-42-52-45-43-51(5)44-46-52)40-35-31-27-23-19-15-11-13-17-21-25-29-33-38-48(8-3)9-4/h47-49H,6-46H2,1-5H3. The van der Waals surface area contributed by atoms with Crippen molar-refractivity contribution in [2.24, 2.45) is 11.8 Å². The second-order valence-electron chi connectivity index (χ2n) is 18.1. The van der Waals surface area contributed by atoms with Gasteiger partial charge in [0.2, 0.25) is 0 Å². The summed E-state index contributed by atoms with van der Waals surface area (Å²) in [6, 6.07) is 0. The SMILES string of the molecule is CCC(CC)CCCCCCCCCCCCCCCC(CCCCCCCCCCCCCCCC(CC)CC)OC(=O)CCCN1CCN(C)CC1. The number of rotatable bonds is 41. The van der Waals surface area contributed by atoms with Gasteiger partial charge in [0.1, 0.15) is 6.10 Å². The Labute approximate surface area is 340 Å². The highest BCUT2D eigenvalue weighted by atomic mass is 16.5. The maximum Gasteiger partial charge on any atom is 0.306 e. The first-order chi connectivity index (χ1) is 26.5. The molecule has 1 aliphatic heterocycles. The van der Waals surface area contributed by atoms with E-state index in [1.54, 1.807) is 0 Å². The molecule has 0 bridgehead atoms. The number of hydrogen-bond acceptors (Lipinski definition) is 4. The molecule has 0 radical (unpaired) electrons. The van der Waals surface area contributed by atoms with Crippen LogP contribution in [0.4, 0.5) is 0 Å². The van der Waals surface area contributed by atoms with E-state index in [4.69, 9.17) is 4.74 Å². The molecule has 54 heavy (non-hydrogen) atoms. The molecule has 1 heterocycles. The van der Waals surface area contributed by atoms with Crippen LogP contribution in [0.3, 0.4) is 0 Å². The van der Waals surface area contributed by atoms with Gasteiger partial charge in [-0.1, -0.05) is 220 Å². The van der Waals surface area contributed by atoms with Crippen molar-refractivity contribution in [3.63, 3.8) is 0 Å². The summed E-state index contributed by atoms with van der Waals surface area (Å²) in [5, 5.41) is 0. The van der Waals surface area contributed by atoms with Gasteiger partial charge in [-0.15, -0.1) is 0 Å². The Morgan fingerprint density at radius 3 is 1.04 bits per heavy atom. The van der Waals surface area contributed by atoms with Gasteiger partial charge in [-0.2, -0.15) is 0 Å². The Morgan fingerprint density at radius 2 is 0.722 bits per heavy atom. The monoisotopic (exact) mass is 761 g/mol. The number of likely N-dealkylation sites (N-methyl/N-ethyl adjacent to an activating group) is 1. The third-order valence-corrected chi connectivity index (χ3v) is 13.3. The summed E-state index contributed by atoms with van der Waals surface area (Å²) >= 11 is 0. The number of nitrogens with zero attached hydrogens (tertiary/aromatic N) is 2. The summed E-state index contributed by atoms with van der Waals surface area (Å²) in [6.07, 6.45) is 48.5. The zero-order valence-corrected chi connectivity index (χ0v) is 37.9. The lowest BCUT2D eigenvalue weighted by Crippen LogP contribution is -2.44. The molecule has 1 rings (SSSR count). The van der Waals surface area contributed by atoms with E-state index in [1.807, 2.05) is 0 Å². The predicted octanol–water partition coefficient (Wildman–Crippen LogP) is 15.5. The Kier molecular flexibility index (Phi) is 37.3. The summed E-state index contributed by atoms with van der Waals surface area (Å²) in [7, 11) is 2.20. The minimum absolute atomic E-state index is 0.0531. The summed E-state index contributed by atoms with van der Waals surface area (Å²) < 4.78 is 6.16. The molecule has 0 atom stereocenters. The molecular weight excluding hydrogens is 661 g/mol. The van der Waals surface area contributed by atoms with E-state index >= 15 is 0 Å². The number of unbranched alkanes of at least 4 members (excludes halogenated alkanes) is 24. The third-order valence-electron chi connectivity index (χ3n) is 13.3. The predicted molar refractivity (Wildman–Crippen MR) is 240 cm³/mol. The highest BCUT2D eigenvalue weighted by Crippen LogP contribution is 2.21. The van der Waals surface area contributed by atoms with Crippen molar-refractivity contribution in [3.8, 4) is 0 Å². The molecule has 0 saturated carbocycles. The van der Waals surface area contributed by atoms with Gasteiger partial charge in [0.25, 0.3) is 0 Å². The van der Waals surface area contributed by atoms with Gasteiger partial charge in [0.05, 0.1) is 0 Å². The number of esters is 1. The Bertz CT molecular complexity index is 716. The van der Waals surface area contributed by atoms with Crippen LogP contribution < -0.4 is 0 Å². The topological polar surface area (TPSA) is 32.8 Å². The first-order valence-corrected chi connectivity index (χ1v) is 25.1. The van der Waals surface area contributed by atoms with E-state index in [0.717, 1.165) is 63.8 Å².